The van der Waals surface area contributed by atoms with Gasteiger partial charge < -0.3 is 10.5 Å². The second kappa shape index (κ2) is 4.22. The molecule has 0 aromatic heterocycles. The fourth-order valence-electron chi connectivity index (χ4n) is 1.80. The molecule has 0 saturated heterocycles. The van der Waals surface area contributed by atoms with Gasteiger partial charge in [0.15, 0.2) is 0 Å². The predicted molar refractivity (Wildman–Crippen MR) is 61.4 cm³/mol. The SMILES string of the molecule is Nc1ccc(OC2CCCC2)c(Br)c1. The van der Waals surface area contributed by atoms with E-state index >= 15 is 0 Å². The third-order valence-corrected chi connectivity index (χ3v) is 3.17. The minimum atomic E-state index is 0.398. The van der Waals surface area contributed by atoms with Crippen LogP contribution in [0.4, 0.5) is 5.69 Å². The van der Waals surface area contributed by atoms with Crippen molar-refractivity contribution in [1.29, 1.82) is 0 Å². The van der Waals surface area contributed by atoms with Crippen LogP contribution < -0.4 is 10.5 Å². The molecule has 3 heteroatoms. The lowest BCUT2D eigenvalue weighted by Gasteiger charge is -2.14. The largest absolute Gasteiger partial charge is 0.489 e. The molecule has 0 radical (unpaired) electrons. The number of anilines is 1. The molecule has 2 nitrogen and oxygen atoms in total. The van der Waals surface area contributed by atoms with Crippen LogP contribution in [0.15, 0.2) is 22.7 Å². The van der Waals surface area contributed by atoms with Crippen molar-refractivity contribution in [3.63, 3.8) is 0 Å². The molecule has 0 aliphatic heterocycles. The summed E-state index contributed by atoms with van der Waals surface area (Å²) in [5, 5.41) is 0. The number of halogens is 1. The van der Waals surface area contributed by atoms with Crippen LogP contribution in [0, 0.1) is 0 Å². The zero-order valence-corrected chi connectivity index (χ0v) is 9.59. The average Bonchev–Trinajstić information content (AvgIpc) is 2.62. The van der Waals surface area contributed by atoms with E-state index < -0.39 is 0 Å². The molecule has 2 rings (SSSR count). The number of rotatable bonds is 2. The van der Waals surface area contributed by atoms with Crippen molar-refractivity contribution >= 4 is 21.6 Å². The van der Waals surface area contributed by atoms with Gasteiger partial charge in [-0.3, -0.25) is 0 Å². The third kappa shape index (κ3) is 2.21. The minimum absolute atomic E-state index is 0.398. The number of benzene rings is 1. The van der Waals surface area contributed by atoms with E-state index in [0.717, 1.165) is 15.9 Å². The Labute approximate surface area is 92.6 Å². The normalized spacial score (nSPS) is 17.2. The van der Waals surface area contributed by atoms with Crippen molar-refractivity contribution in [1.82, 2.24) is 0 Å². The molecule has 0 atom stereocenters. The van der Waals surface area contributed by atoms with Gasteiger partial charge in [0, 0.05) is 5.69 Å². The highest BCUT2D eigenvalue weighted by Crippen LogP contribution is 2.31. The summed E-state index contributed by atoms with van der Waals surface area (Å²) in [6.07, 6.45) is 5.33. The summed E-state index contributed by atoms with van der Waals surface area (Å²) in [4.78, 5) is 0. The molecule has 2 N–H and O–H groups in total. The predicted octanol–water partition coefficient (Wildman–Crippen LogP) is 3.35. The Morgan fingerprint density at radius 3 is 2.64 bits per heavy atom. The lowest BCUT2D eigenvalue weighted by atomic mass is 10.3. The van der Waals surface area contributed by atoms with Gasteiger partial charge in [-0.1, -0.05) is 0 Å². The molecule has 1 aliphatic rings. The van der Waals surface area contributed by atoms with Crippen LogP contribution >= 0.6 is 15.9 Å². The number of hydrogen-bond acceptors (Lipinski definition) is 2. The maximum atomic E-state index is 5.86. The van der Waals surface area contributed by atoms with Gasteiger partial charge in [-0.2, -0.15) is 0 Å². The maximum absolute atomic E-state index is 5.86. The summed E-state index contributed by atoms with van der Waals surface area (Å²) >= 11 is 3.45. The fraction of sp³-hybridized carbons (Fsp3) is 0.455. The Bertz CT molecular complexity index is 321. The van der Waals surface area contributed by atoms with Gasteiger partial charge in [0.2, 0.25) is 0 Å². The molecule has 0 bridgehead atoms. The molecule has 76 valence electrons. The van der Waals surface area contributed by atoms with Crippen molar-refractivity contribution in [2.24, 2.45) is 0 Å². The quantitative estimate of drug-likeness (QED) is 0.823. The second-order valence-corrected chi connectivity index (χ2v) is 4.57. The monoisotopic (exact) mass is 255 g/mol. The van der Waals surface area contributed by atoms with Gasteiger partial charge in [0.05, 0.1) is 10.6 Å². The van der Waals surface area contributed by atoms with Gasteiger partial charge >= 0.3 is 0 Å². The Balaban J connectivity index is 2.08. The van der Waals surface area contributed by atoms with Gasteiger partial charge in [-0.05, 0) is 59.8 Å². The Morgan fingerprint density at radius 1 is 1.29 bits per heavy atom. The second-order valence-electron chi connectivity index (χ2n) is 3.71. The number of hydrogen-bond donors (Lipinski definition) is 1. The maximum Gasteiger partial charge on any atom is 0.134 e. The van der Waals surface area contributed by atoms with E-state index in [4.69, 9.17) is 10.5 Å². The highest BCUT2D eigenvalue weighted by atomic mass is 79.9. The molecular formula is C11H14BrNO. The zero-order valence-electron chi connectivity index (χ0n) is 8.00. The molecule has 1 aromatic carbocycles. The van der Waals surface area contributed by atoms with Crippen molar-refractivity contribution in [2.75, 3.05) is 5.73 Å². The summed E-state index contributed by atoms with van der Waals surface area (Å²) < 4.78 is 6.81. The van der Waals surface area contributed by atoms with Crippen LogP contribution in [-0.2, 0) is 0 Å². The Morgan fingerprint density at radius 2 is 2.00 bits per heavy atom. The fourth-order valence-corrected chi connectivity index (χ4v) is 2.29. The summed E-state index contributed by atoms with van der Waals surface area (Å²) in [6, 6.07) is 5.68. The summed E-state index contributed by atoms with van der Waals surface area (Å²) in [5.74, 6) is 0.908. The van der Waals surface area contributed by atoms with Crippen molar-refractivity contribution in [3.8, 4) is 5.75 Å². The van der Waals surface area contributed by atoms with Crippen LogP contribution in [-0.4, -0.2) is 6.10 Å². The van der Waals surface area contributed by atoms with Gasteiger partial charge in [0.25, 0.3) is 0 Å². The molecule has 1 aliphatic carbocycles. The minimum Gasteiger partial charge on any atom is -0.489 e. The van der Waals surface area contributed by atoms with Gasteiger partial charge in [0.1, 0.15) is 5.75 Å². The van der Waals surface area contributed by atoms with Gasteiger partial charge in [-0.15, -0.1) is 0 Å². The highest BCUT2D eigenvalue weighted by molar-refractivity contribution is 9.10. The summed E-state index contributed by atoms with van der Waals surface area (Å²) in [7, 11) is 0. The first-order valence-electron chi connectivity index (χ1n) is 4.97. The lowest BCUT2D eigenvalue weighted by molar-refractivity contribution is 0.208. The van der Waals surface area contributed by atoms with Crippen LogP contribution in [0.2, 0.25) is 0 Å². The zero-order chi connectivity index (χ0) is 9.97. The van der Waals surface area contributed by atoms with E-state index in [0.29, 0.717) is 6.10 Å². The molecular weight excluding hydrogens is 242 g/mol. The molecule has 0 amide bonds. The molecule has 14 heavy (non-hydrogen) atoms. The standard InChI is InChI=1S/C11H14BrNO/c12-10-7-8(13)5-6-11(10)14-9-3-1-2-4-9/h5-7,9H,1-4,13H2. The van der Waals surface area contributed by atoms with Crippen molar-refractivity contribution in [3.05, 3.63) is 22.7 Å². The lowest BCUT2D eigenvalue weighted by Crippen LogP contribution is -2.11. The van der Waals surface area contributed by atoms with E-state index in [-0.39, 0.29) is 0 Å². The Hall–Kier alpha value is -0.700. The van der Waals surface area contributed by atoms with E-state index in [1.54, 1.807) is 0 Å². The molecule has 0 unspecified atom stereocenters. The van der Waals surface area contributed by atoms with Crippen LogP contribution in [0.5, 0.6) is 5.75 Å². The summed E-state index contributed by atoms with van der Waals surface area (Å²) in [5.41, 5.74) is 6.41. The number of nitrogen functional groups attached to an aromatic ring is 1. The van der Waals surface area contributed by atoms with Crippen molar-refractivity contribution < 1.29 is 4.74 Å². The van der Waals surface area contributed by atoms with E-state index in [2.05, 4.69) is 15.9 Å². The summed E-state index contributed by atoms with van der Waals surface area (Å²) in [6.45, 7) is 0. The van der Waals surface area contributed by atoms with Crippen LogP contribution in [0.3, 0.4) is 0 Å². The van der Waals surface area contributed by atoms with Crippen LogP contribution in [0.1, 0.15) is 25.7 Å². The third-order valence-electron chi connectivity index (χ3n) is 2.55. The number of nitrogens with two attached hydrogens (primary N) is 1. The molecule has 1 saturated carbocycles. The van der Waals surface area contributed by atoms with Crippen LogP contribution in [0.25, 0.3) is 0 Å². The molecule has 0 spiro atoms. The Kier molecular flexibility index (Phi) is 2.96. The van der Waals surface area contributed by atoms with E-state index in [1.165, 1.54) is 25.7 Å². The first kappa shape index (κ1) is 9.84. The average molecular weight is 256 g/mol. The topological polar surface area (TPSA) is 35.2 Å². The molecule has 0 heterocycles. The first-order chi connectivity index (χ1) is 6.75. The first-order valence-corrected chi connectivity index (χ1v) is 5.77. The molecule has 1 fully saturated rings. The van der Waals surface area contributed by atoms with Crippen molar-refractivity contribution in [2.45, 2.75) is 31.8 Å². The smallest absolute Gasteiger partial charge is 0.134 e. The molecule has 1 aromatic rings. The van der Waals surface area contributed by atoms with Gasteiger partial charge in [-0.25, -0.2) is 0 Å². The number of ether oxygens (including phenoxy) is 1. The highest BCUT2D eigenvalue weighted by Gasteiger charge is 2.17. The van der Waals surface area contributed by atoms with E-state index in [9.17, 15) is 0 Å². The van der Waals surface area contributed by atoms with E-state index in [1.807, 2.05) is 18.2 Å².